The van der Waals surface area contributed by atoms with Gasteiger partial charge in [0.05, 0.1) is 5.69 Å². The number of para-hydroxylation sites is 1. The van der Waals surface area contributed by atoms with Crippen molar-refractivity contribution in [3.8, 4) is 11.4 Å². The van der Waals surface area contributed by atoms with Crippen molar-refractivity contribution in [3.05, 3.63) is 77.6 Å². The van der Waals surface area contributed by atoms with E-state index in [0.29, 0.717) is 29.6 Å². The van der Waals surface area contributed by atoms with Crippen LogP contribution in [0.2, 0.25) is 0 Å². The fraction of sp³-hybridized carbons (Fsp3) is 0.238. The molecule has 0 saturated heterocycles. The first kappa shape index (κ1) is 24.5. The normalized spacial score (nSPS) is 11.2. The van der Waals surface area contributed by atoms with E-state index in [-0.39, 0.29) is 42.1 Å². The fourth-order valence-corrected chi connectivity index (χ4v) is 2.93. The minimum atomic E-state index is -2.90. The van der Waals surface area contributed by atoms with Crippen LogP contribution in [0.15, 0.2) is 59.9 Å². The number of nitrogens with one attached hydrogen (secondary N) is 2. The van der Waals surface area contributed by atoms with Crippen LogP contribution in [0, 0.1) is 12.7 Å². The van der Waals surface area contributed by atoms with Crippen molar-refractivity contribution in [2.45, 2.75) is 26.6 Å². The molecule has 3 rings (SSSR count). The van der Waals surface area contributed by atoms with Gasteiger partial charge in [-0.25, -0.2) is 9.37 Å². The molecule has 1 aromatic heterocycles. The van der Waals surface area contributed by atoms with E-state index < -0.39 is 6.61 Å². The Balaban J connectivity index is 0.00000341. The number of aliphatic imine (C=N–C) groups is 1. The predicted molar refractivity (Wildman–Crippen MR) is 124 cm³/mol. The van der Waals surface area contributed by atoms with E-state index in [4.69, 9.17) is 0 Å². The van der Waals surface area contributed by atoms with Gasteiger partial charge in [-0.05, 0) is 30.7 Å². The monoisotopic (exact) mass is 545 g/mol. The van der Waals surface area contributed by atoms with Gasteiger partial charge in [0.1, 0.15) is 17.4 Å². The zero-order valence-electron chi connectivity index (χ0n) is 17.0. The van der Waals surface area contributed by atoms with Crippen LogP contribution in [-0.2, 0) is 13.1 Å². The molecule has 0 bridgehead atoms. The summed E-state index contributed by atoms with van der Waals surface area (Å²) in [6.07, 6.45) is 3.32. The number of hydrogen-bond acceptors (Lipinski definition) is 3. The average Bonchev–Trinajstić information content (AvgIpc) is 3.14. The molecule has 0 aliphatic carbocycles. The Bertz CT molecular complexity index is 1030. The second-order valence-corrected chi connectivity index (χ2v) is 6.40. The van der Waals surface area contributed by atoms with Crippen molar-refractivity contribution in [2.75, 3.05) is 7.05 Å². The molecule has 10 heteroatoms. The third-order valence-corrected chi connectivity index (χ3v) is 4.42. The Morgan fingerprint density at radius 1 is 1.16 bits per heavy atom. The molecule has 0 amide bonds. The van der Waals surface area contributed by atoms with E-state index in [1.165, 1.54) is 12.1 Å². The van der Waals surface area contributed by atoms with Gasteiger partial charge in [0.15, 0.2) is 5.96 Å². The molecule has 31 heavy (non-hydrogen) atoms. The van der Waals surface area contributed by atoms with E-state index in [1.807, 2.05) is 6.07 Å². The Hall–Kier alpha value is -2.76. The average molecular weight is 545 g/mol. The van der Waals surface area contributed by atoms with Gasteiger partial charge in [-0.1, -0.05) is 24.3 Å². The predicted octanol–water partition coefficient (Wildman–Crippen LogP) is 4.40. The molecule has 0 spiro atoms. The SMILES string of the molecule is CN=C(NCc1ccc(-n2ccnc2C)c(F)c1)NCc1ccccc1OC(F)F.I. The quantitative estimate of drug-likeness (QED) is 0.263. The molecule has 3 aromatic rings. The number of ether oxygens (including phenoxy) is 1. The number of aromatic nitrogens is 2. The summed E-state index contributed by atoms with van der Waals surface area (Å²) in [5.74, 6) is 0.872. The number of rotatable bonds is 7. The number of aryl methyl sites for hydroxylation is 1. The molecule has 6 nitrogen and oxygen atoms in total. The lowest BCUT2D eigenvalue weighted by Gasteiger charge is -2.15. The van der Waals surface area contributed by atoms with Gasteiger partial charge in [-0.2, -0.15) is 8.78 Å². The lowest BCUT2D eigenvalue weighted by Crippen LogP contribution is -2.36. The van der Waals surface area contributed by atoms with Crippen LogP contribution in [0.25, 0.3) is 5.69 Å². The van der Waals surface area contributed by atoms with E-state index >= 15 is 0 Å². The fourth-order valence-electron chi connectivity index (χ4n) is 2.93. The highest BCUT2D eigenvalue weighted by Gasteiger charge is 2.11. The highest BCUT2D eigenvalue weighted by Crippen LogP contribution is 2.20. The minimum Gasteiger partial charge on any atom is -0.434 e. The summed E-state index contributed by atoms with van der Waals surface area (Å²) in [6.45, 7) is -0.535. The Labute approximate surface area is 195 Å². The standard InChI is InChI=1S/C21H22F3N5O.HI/c1-14-26-9-10-29(14)18-8-7-15(11-17(18)22)12-27-21(25-2)28-13-16-5-3-4-6-19(16)30-20(23)24;/h3-11,20H,12-13H2,1-2H3,(H2,25,27,28);1H. The number of hydrogen-bond donors (Lipinski definition) is 2. The molecule has 2 N–H and O–H groups in total. The van der Waals surface area contributed by atoms with Crippen molar-refractivity contribution in [2.24, 2.45) is 4.99 Å². The van der Waals surface area contributed by atoms with E-state index in [2.05, 4.69) is 25.3 Å². The van der Waals surface area contributed by atoms with Crippen LogP contribution in [0.1, 0.15) is 17.0 Å². The lowest BCUT2D eigenvalue weighted by molar-refractivity contribution is -0.0504. The first-order chi connectivity index (χ1) is 14.5. The number of benzene rings is 2. The molecular formula is C21H23F3IN5O. The molecule has 0 atom stereocenters. The molecule has 2 aromatic carbocycles. The molecule has 0 fully saturated rings. The molecular weight excluding hydrogens is 522 g/mol. The molecule has 0 aliphatic heterocycles. The second kappa shape index (κ2) is 11.6. The zero-order valence-corrected chi connectivity index (χ0v) is 19.3. The van der Waals surface area contributed by atoms with Crippen LogP contribution in [-0.4, -0.2) is 29.2 Å². The molecule has 0 saturated carbocycles. The van der Waals surface area contributed by atoms with E-state index in [1.54, 1.807) is 55.2 Å². The lowest BCUT2D eigenvalue weighted by atomic mass is 10.2. The van der Waals surface area contributed by atoms with E-state index in [9.17, 15) is 13.2 Å². The third kappa shape index (κ3) is 6.61. The van der Waals surface area contributed by atoms with Gasteiger partial charge >= 0.3 is 6.61 Å². The number of guanidine groups is 1. The Kier molecular flexibility index (Phi) is 9.16. The summed E-state index contributed by atoms with van der Waals surface area (Å²) in [7, 11) is 1.59. The maximum absolute atomic E-state index is 14.5. The highest BCUT2D eigenvalue weighted by atomic mass is 127. The third-order valence-electron chi connectivity index (χ3n) is 4.42. The van der Waals surface area contributed by atoms with Gasteiger partial charge in [-0.3, -0.25) is 4.99 Å². The first-order valence-electron chi connectivity index (χ1n) is 9.24. The summed E-state index contributed by atoms with van der Waals surface area (Å²) in [5.41, 5.74) is 1.71. The maximum Gasteiger partial charge on any atom is 0.387 e. The molecule has 0 aliphatic rings. The summed E-state index contributed by atoms with van der Waals surface area (Å²) in [6, 6.07) is 11.5. The van der Waals surface area contributed by atoms with Crippen LogP contribution in [0.3, 0.4) is 0 Å². The Morgan fingerprint density at radius 3 is 2.55 bits per heavy atom. The second-order valence-electron chi connectivity index (χ2n) is 6.40. The molecule has 0 radical (unpaired) electrons. The van der Waals surface area contributed by atoms with E-state index in [0.717, 1.165) is 5.56 Å². The summed E-state index contributed by atoms with van der Waals surface area (Å²) in [5, 5.41) is 6.11. The summed E-state index contributed by atoms with van der Waals surface area (Å²) in [4.78, 5) is 8.20. The number of nitrogens with zero attached hydrogens (tertiary/aromatic N) is 3. The zero-order chi connectivity index (χ0) is 21.5. The molecule has 166 valence electrons. The summed E-state index contributed by atoms with van der Waals surface area (Å²) >= 11 is 0. The molecule has 1 heterocycles. The minimum absolute atomic E-state index is 0. The van der Waals surface area contributed by atoms with Gasteiger partial charge < -0.3 is 19.9 Å². The maximum atomic E-state index is 14.5. The highest BCUT2D eigenvalue weighted by molar-refractivity contribution is 14.0. The van der Waals surface area contributed by atoms with Crippen LogP contribution < -0.4 is 15.4 Å². The van der Waals surface area contributed by atoms with Crippen molar-refractivity contribution in [3.63, 3.8) is 0 Å². The van der Waals surface area contributed by atoms with Gasteiger partial charge in [0.2, 0.25) is 0 Å². The molecule has 0 unspecified atom stereocenters. The van der Waals surface area contributed by atoms with Gasteiger partial charge in [0.25, 0.3) is 0 Å². The van der Waals surface area contributed by atoms with Crippen LogP contribution >= 0.6 is 24.0 Å². The number of alkyl halides is 2. The Morgan fingerprint density at radius 2 is 1.90 bits per heavy atom. The van der Waals surface area contributed by atoms with Gasteiger partial charge in [0, 0.05) is 38.1 Å². The van der Waals surface area contributed by atoms with Crippen molar-refractivity contribution >= 4 is 29.9 Å². The van der Waals surface area contributed by atoms with Crippen LogP contribution in [0.4, 0.5) is 13.2 Å². The summed E-state index contributed by atoms with van der Waals surface area (Å²) < 4.78 is 45.8. The first-order valence-corrected chi connectivity index (χ1v) is 9.24. The van der Waals surface area contributed by atoms with Crippen molar-refractivity contribution in [1.82, 2.24) is 20.2 Å². The van der Waals surface area contributed by atoms with Gasteiger partial charge in [-0.15, -0.1) is 24.0 Å². The van der Waals surface area contributed by atoms with Crippen molar-refractivity contribution < 1.29 is 17.9 Å². The topological polar surface area (TPSA) is 63.5 Å². The largest absolute Gasteiger partial charge is 0.434 e. The van der Waals surface area contributed by atoms with Crippen LogP contribution in [0.5, 0.6) is 5.75 Å². The smallest absolute Gasteiger partial charge is 0.387 e. The number of imidazole rings is 1. The van der Waals surface area contributed by atoms with Crippen molar-refractivity contribution in [1.29, 1.82) is 0 Å². The number of halogens is 4.